The van der Waals surface area contributed by atoms with Crippen molar-refractivity contribution in [3.8, 4) is 4.97 Å². The Balaban J connectivity index is -0.000000000364. The van der Waals surface area contributed by atoms with Crippen molar-refractivity contribution in [2.75, 3.05) is 0 Å². The average Bonchev–Trinajstić information content (AvgIpc) is 0.918. The van der Waals surface area contributed by atoms with Gasteiger partial charge in [0.1, 0.15) is 0 Å². The van der Waals surface area contributed by atoms with Crippen LogP contribution >= 0.6 is 0 Å². The third-order valence-electron chi connectivity index (χ3n) is 0. The minimum absolute atomic E-state index is 0. The second-order valence-electron chi connectivity index (χ2n) is 0.0791. The van der Waals surface area contributed by atoms with Gasteiger partial charge in [-0.25, -0.2) is 0 Å². The fourth-order valence-electron chi connectivity index (χ4n) is 0. The molecule has 0 radical (unpaired) electrons. The van der Waals surface area contributed by atoms with E-state index in [1.54, 1.807) is 0 Å². The molecule has 0 saturated carbocycles. The van der Waals surface area contributed by atoms with E-state index in [9.17, 15) is 0 Å². The predicted molar refractivity (Wildman–Crippen MR) is 48.9 cm³/mol. The first-order valence-corrected chi connectivity index (χ1v) is 0.952. The Kier molecular flexibility index (Phi) is 23700. The van der Waals surface area contributed by atoms with Gasteiger partial charge in [0.25, 0.3) is 0 Å². The molecular weight excluding hydrogens is 265 g/mol. The number of nitrogens with zero attached hydrogens (tertiary/aromatic N) is 1. The first-order valence-electron chi connectivity index (χ1n) is 0.400. The van der Waals surface area contributed by atoms with E-state index in [-0.39, 0.29) is 84.3 Å². The van der Waals surface area contributed by atoms with E-state index in [1.165, 1.54) is 4.97 Å². The molecule has 14 heavy (non-hydrogen) atoms. The van der Waals surface area contributed by atoms with E-state index in [4.69, 9.17) is 5.26 Å². The normalized spacial score (nSPS) is 0.571. The van der Waals surface area contributed by atoms with Crippen LogP contribution in [0.2, 0.25) is 0 Å². The number of hydrogen-bond acceptors (Lipinski definition) is 1. The molecule has 0 rings (SSSR count). The average molecular weight is 286 g/mol. The van der Waals surface area contributed by atoms with Crippen LogP contribution in [0.15, 0.2) is 0 Å². The molecule has 0 spiro atoms. The van der Waals surface area contributed by atoms with Crippen LogP contribution in [-0.4, -0.2) is 84.3 Å². The third-order valence-corrected chi connectivity index (χ3v) is 0. The summed E-state index contributed by atoms with van der Waals surface area (Å²) in [5, 5.41) is 7.21. The topological polar surface area (TPSA) is 339 Å². The van der Waals surface area contributed by atoms with Crippen molar-refractivity contribution in [2.45, 2.75) is 0 Å². The summed E-state index contributed by atoms with van der Waals surface area (Å²) in [7, 11) is 0. The van der Waals surface area contributed by atoms with Gasteiger partial charge in [0.15, 0.2) is 0 Å². The molecule has 0 aromatic carbocycles. The van der Waals surface area contributed by atoms with Gasteiger partial charge in [-0.2, -0.15) is 0 Å². The van der Waals surface area contributed by atoms with Crippen LogP contribution in [0, 0.1) is 10.2 Å². The molecule has 0 aliphatic rings. The summed E-state index contributed by atoms with van der Waals surface area (Å²) < 4.78 is 0. The van der Waals surface area contributed by atoms with Gasteiger partial charge in [0.2, 0.25) is 0 Å². The van der Waals surface area contributed by atoms with Crippen LogP contribution in [-0.2, 0) is 16.0 Å². The molecule has 0 aromatic rings. The summed E-state index contributed by atoms with van der Waals surface area (Å²) in [5.41, 5.74) is 0. The van der Waals surface area contributed by atoms with E-state index < -0.39 is 0 Å². The summed E-state index contributed by atoms with van der Waals surface area (Å²) in [6.07, 6.45) is 0. The van der Waals surface area contributed by atoms with Gasteiger partial charge >= 0.3 is 55.8 Å². The Hall–Kier alpha value is 0.609. The number of nitriles is 1. The van der Waals surface area contributed by atoms with Crippen LogP contribution in [0.4, 0.5) is 0 Å². The van der Waals surface area contributed by atoms with Gasteiger partial charge in [-0.05, 0) is 0 Å². The van der Waals surface area contributed by atoms with Crippen molar-refractivity contribution in [1.82, 2.24) is 0 Å². The molecule has 0 aliphatic carbocycles. The van der Waals surface area contributed by atoms with Crippen LogP contribution in [0.5, 0.6) is 0 Å². The Morgan fingerprint density at radius 3 is 0.571 bits per heavy atom. The molecule has 0 saturated heterocycles. The molecule has 0 aliphatic heterocycles. The summed E-state index contributed by atoms with van der Waals surface area (Å²) in [6.45, 7) is 0. The van der Waals surface area contributed by atoms with E-state index >= 15 is 0 Å². The molecule has 0 heterocycles. The van der Waals surface area contributed by atoms with E-state index in [0.717, 1.165) is 0 Å². The molecule has 0 fully saturated rings. The molecule has 0 aromatic heterocycles. The maximum absolute atomic E-state index is 7.21. The molecule has 0 unspecified atom stereocenters. The monoisotopic (exact) mass is 286 g/mol. The second-order valence-corrected chi connectivity index (χ2v) is 0.326. The quantitative estimate of drug-likeness (QED) is 0.384. The zero-order valence-electron chi connectivity index (χ0n) is 6.30. The maximum atomic E-state index is 7.21. The van der Waals surface area contributed by atoms with Crippen molar-refractivity contribution in [1.29, 1.82) is 5.26 Å². The molecule has 0 bridgehead atoms. The zero-order chi connectivity index (χ0) is 2.71. The van der Waals surface area contributed by atoms with Gasteiger partial charge in [-0.1, -0.05) is 0 Å². The molecule has 13 heteroatoms. The third kappa shape index (κ3) is 4580. The van der Waals surface area contributed by atoms with E-state index in [1.807, 2.05) is 0 Å². The first kappa shape index (κ1) is 397. The van der Waals surface area contributed by atoms with Crippen LogP contribution in [0.25, 0.3) is 0 Å². The molecule has 99 valence electrons. The molecule has 11 nitrogen and oxygen atoms in total. The van der Waals surface area contributed by atoms with Gasteiger partial charge in [-0.15, -0.1) is 0 Å². The summed E-state index contributed by atoms with van der Waals surface area (Å²) >= 11 is 2.79. The van der Waals surface area contributed by atoms with Crippen LogP contribution in [0.3, 0.4) is 0 Å². The number of hydrogen-bond donors (Lipinski definition) is 0. The number of rotatable bonds is 0. The summed E-state index contributed by atoms with van der Waals surface area (Å²) in [5.74, 6) is 0. The SMILES string of the molecule is N#[C][Fe].O.O.O.O.O.O.O.O.O.O.[NaH]. The summed E-state index contributed by atoms with van der Waals surface area (Å²) in [6, 6.07) is 0. The second kappa shape index (κ2) is 835. The van der Waals surface area contributed by atoms with Crippen molar-refractivity contribution in [2.24, 2.45) is 0 Å². The Labute approximate surface area is 110 Å². The fraction of sp³-hybridized carbons (Fsp3) is 0. The van der Waals surface area contributed by atoms with Crippen molar-refractivity contribution in [3.05, 3.63) is 0 Å². The summed E-state index contributed by atoms with van der Waals surface area (Å²) in [4.78, 5) is 1.50. The van der Waals surface area contributed by atoms with Crippen molar-refractivity contribution in [3.63, 3.8) is 0 Å². The van der Waals surface area contributed by atoms with Crippen LogP contribution < -0.4 is 0 Å². The van der Waals surface area contributed by atoms with Gasteiger partial charge in [-0.3, -0.25) is 0 Å². The molecule has 0 amide bonds. The Bertz CT molecular complexity index is 41.6. The zero-order valence-corrected chi connectivity index (χ0v) is 7.40. The molecular formula is CH21FeNNaO10. The Morgan fingerprint density at radius 2 is 0.571 bits per heavy atom. The standard InChI is InChI=1S/CN.Fe.Na.10H2O.H/c1-2;;;;;;;;;;;;;/h;;;10*1H2;. The van der Waals surface area contributed by atoms with Crippen LogP contribution in [0.1, 0.15) is 0 Å². The molecule has 20 N–H and O–H groups in total. The minimum atomic E-state index is 0. The van der Waals surface area contributed by atoms with Gasteiger partial charge in [0.05, 0.1) is 0 Å². The van der Waals surface area contributed by atoms with Crippen molar-refractivity contribution >= 4 is 29.6 Å². The Morgan fingerprint density at radius 1 is 0.571 bits per heavy atom. The fourth-order valence-corrected chi connectivity index (χ4v) is 0. The van der Waals surface area contributed by atoms with E-state index in [0.29, 0.717) is 0 Å². The van der Waals surface area contributed by atoms with Gasteiger partial charge in [0, 0.05) is 0 Å². The first-order chi connectivity index (χ1) is 1.41. The van der Waals surface area contributed by atoms with E-state index in [2.05, 4.69) is 16.0 Å². The predicted octanol–water partition coefficient (Wildman–Crippen LogP) is -8.88. The molecule has 0 atom stereocenters. The van der Waals surface area contributed by atoms with Crippen molar-refractivity contribution < 1.29 is 70.8 Å². The van der Waals surface area contributed by atoms with Gasteiger partial charge < -0.3 is 54.8 Å².